The lowest BCUT2D eigenvalue weighted by Crippen LogP contribution is -2.60. The van der Waals surface area contributed by atoms with E-state index in [1.807, 2.05) is 54.6 Å². The normalized spacial score (nSPS) is 14.9. The van der Waals surface area contributed by atoms with Gasteiger partial charge in [0.1, 0.15) is 11.6 Å². The number of carboxylic acids is 1. The van der Waals surface area contributed by atoms with E-state index >= 15 is 0 Å². The SMILES string of the molecule is CC(C)C(C(=O)O)N(N1CCN(c2ccc(C#Cc3ccc([N+](=O)[O-])c(C(=O)NCc4ccccc4)c3)cc2)CC1)S(=O)[O-]. The number of carbonyl (C=O) groups excluding carboxylic acids is 1. The van der Waals surface area contributed by atoms with Gasteiger partial charge in [0.05, 0.1) is 4.92 Å². The Labute approximate surface area is 257 Å². The van der Waals surface area contributed by atoms with Crippen LogP contribution in [0.15, 0.2) is 72.8 Å². The maximum absolute atomic E-state index is 12.8. The molecule has 44 heavy (non-hydrogen) atoms. The number of aliphatic carboxylic acids is 1. The molecule has 12 nitrogen and oxygen atoms in total. The molecule has 230 valence electrons. The van der Waals surface area contributed by atoms with Crippen LogP contribution in [-0.2, 0) is 22.6 Å². The second-order valence-electron chi connectivity index (χ2n) is 10.4. The number of nitro benzene ring substituents is 1. The van der Waals surface area contributed by atoms with Gasteiger partial charge in [0.25, 0.3) is 11.6 Å². The molecule has 2 N–H and O–H groups in total. The van der Waals surface area contributed by atoms with Gasteiger partial charge >= 0.3 is 5.97 Å². The lowest BCUT2D eigenvalue weighted by Gasteiger charge is -2.45. The Balaban J connectivity index is 1.42. The predicted octanol–water partition coefficient (Wildman–Crippen LogP) is 3.17. The van der Waals surface area contributed by atoms with Crippen molar-refractivity contribution in [3.05, 3.63) is 105 Å². The van der Waals surface area contributed by atoms with Gasteiger partial charge in [0, 0.05) is 66.9 Å². The van der Waals surface area contributed by atoms with Crippen LogP contribution in [0.4, 0.5) is 11.4 Å². The number of nitrogens with zero attached hydrogens (tertiary/aromatic N) is 4. The van der Waals surface area contributed by atoms with E-state index in [1.165, 1.54) is 18.2 Å². The number of hydrogen-bond acceptors (Lipinski definition) is 8. The van der Waals surface area contributed by atoms with E-state index in [-0.39, 0.29) is 17.8 Å². The molecular weight excluding hydrogens is 586 g/mol. The Bertz CT molecular complexity index is 1580. The van der Waals surface area contributed by atoms with Crippen LogP contribution in [0.2, 0.25) is 0 Å². The summed E-state index contributed by atoms with van der Waals surface area (Å²) in [4.78, 5) is 37.6. The summed E-state index contributed by atoms with van der Waals surface area (Å²) in [5.41, 5.74) is 2.52. The first-order valence-electron chi connectivity index (χ1n) is 13.9. The van der Waals surface area contributed by atoms with Gasteiger partial charge in [0.2, 0.25) is 0 Å². The van der Waals surface area contributed by atoms with Crippen LogP contribution < -0.4 is 10.2 Å². The molecule has 0 spiro atoms. The summed E-state index contributed by atoms with van der Waals surface area (Å²) in [5.74, 6) is 3.82. The molecule has 0 bridgehead atoms. The molecule has 1 heterocycles. The average Bonchev–Trinajstić information content (AvgIpc) is 3.01. The first-order chi connectivity index (χ1) is 21.0. The van der Waals surface area contributed by atoms with Crippen molar-refractivity contribution in [1.82, 2.24) is 14.7 Å². The van der Waals surface area contributed by atoms with Crippen molar-refractivity contribution in [3.63, 3.8) is 0 Å². The lowest BCUT2D eigenvalue weighted by atomic mass is 10.1. The highest BCUT2D eigenvalue weighted by molar-refractivity contribution is 7.76. The molecule has 13 heteroatoms. The third-order valence-electron chi connectivity index (χ3n) is 7.13. The zero-order chi connectivity index (χ0) is 31.8. The van der Waals surface area contributed by atoms with E-state index in [9.17, 15) is 33.6 Å². The van der Waals surface area contributed by atoms with Crippen molar-refractivity contribution < 1.29 is 28.4 Å². The molecule has 3 aromatic carbocycles. The van der Waals surface area contributed by atoms with Crippen LogP contribution in [0.5, 0.6) is 0 Å². The molecule has 1 amide bonds. The fourth-order valence-electron chi connectivity index (χ4n) is 4.88. The zero-order valence-electron chi connectivity index (χ0n) is 24.2. The Morgan fingerprint density at radius 1 is 1.00 bits per heavy atom. The Hall–Kier alpha value is -4.61. The van der Waals surface area contributed by atoms with Gasteiger partial charge in [-0.15, -0.1) is 0 Å². The molecule has 3 aromatic rings. The minimum atomic E-state index is -2.73. The number of carboxylic acid groups (broad SMARTS) is 1. The third kappa shape index (κ3) is 8.06. The fraction of sp³-hybridized carbons (Fsp3) is 0.290. The van der Waals surface area contributed by atoms with Crippen LogP contribution in [0, 0.1) is 27.9 Å². The standard InChI is InChI=1S/C31H33N5O7S/c1-22(2)29(31(38)39)35(44(42)43)34-18-16-33(17-19-34)26-13-10-23(11-14-26)8-9-24-12-15-28(36(40)41)27(20-24)30(37)32-21-25-6-4-3-5-7-25/h3-7,10-15,20,22,29H,16-19,21H2,1-2H3,(H,32,37)(H,38,39)(H,42,43)/p-1. The maximum atomic E-state index is 12.8. The lowest BCUT2D eigenvalue weighted by molar-refractivity contribution is -0.385. The van der Waals surface area contributed by atoms with E-state index in [2.05, 4.69) is 22.1 Å². The number of hydrazine groups is 1. The molecule has 1 aliphatic heterocycles. The van der Waals surface area contributed by atoms with Crippen LogP contribution >= 0.6 is 0 Å². The second-order valence-corrected chi connectivity index (χ2v) is 11.2. The molecule has 0 saturated carbocycles. The number of nitro groups is 1. The monoisotopic (exact) mass is 618 g/mol. The average molecular weight is 619 g/mol. The van der Waals surface area contributed by atoms with Gasteiger partial charge in [-0.3, -0.25) is 23.9 Å². The molecule has 0 aromatic heterocycles. The first kappa shape index (κ1) is 32.3. The molecule has 2 unspecified atom stereocenters. The molecule has 4 rings (SSSR count). The number of nitrogens with one attached hydrogen (secondary N) is 1. The molecule has 2 atom stereocenters. The summed E-state index contributed by atoms with van der Waals surface area (Å²) < 4.78 is 24.8. The molecule has 1 aliphatic rings. The number of amides is 1. The third-order valence-corrected chi connectivity index (χ3v) is 7.89. The number of anilines is 1. The van der Waals surface area contributed by atoms with Crippen molar-refractivity contribution in [2.75, 3.05) is 31.1 Å². The van der Waals surface area contributed by atoms with Gasteiger partial charge in [-0.2, -0.15) is 4.41 Å². The van der Waals surface area contributed by atoms with Gasteiger partial charge in [-0.25, -0.2) is 5.01 Å². The number of carbonyl (C=O) groups is 2. The van der Waals surface area contributed by atoms with Crippen LogP contribution in [-0.4, -0.2) is 72.3 Å². The predicted molar refractivity (Wildman–Crippen MR) is 164 cm³/mol. The second kappa shape index (κ2) is 14.7. The maximum Gasteiger partial charge on any atom is 0.323 e. The van der Waals surface area contributed by atoms with Crippen molar-refractivity contribution in [3.8, 4) is 11.8 Å². The van der Waals surface area contributed by atoms with E-state index in [0.717, 1.165) is 15.7 Å². The van der Waals surface area contributed by atoms with Crippen LogP contribution in [0.1, 0.15) is 40.9 Å². The summed E-state index contributed by atoms with van der Waals surface area (Å²) in [6.07, 6.45) is 0. The summed E-state index contributed by atoms with van der Waals surface area (Å²) in [5, 5.41) is 25.4. The summed E-state index contributed by atoms with van der Waals surface area (Å²) >= 11 is -2.73. The van der Waals surface area contributed by atoms with Crippen molar-refractivity contribution >= 4 is 34.5 Å². The van der Waals surface area contributed by atoms with Gasteiger partial charge in [-0.05, 0) is 47.9 Å². The quantitative estimate of drug-likeness (QED) is 0.151. The van der Waals surface area contributed by atoms with E-state index in [1.54, 1.807) is 18.9 Å². The molecule has 1 fully saturated rings. The van der Waals surface area contributed by atoms with Gasteiger partial charge < -0.3 is 19.9 Å². The van der Waals surface area contributed by atoms with Crippen LogP contribution in [0.3, 0.4) is 0 Å². The van der Waals surface area contributed by atoms with E-state index in [4.69, 9.17) is 0 Å². The minimum absolute atomic E-state index is 0.0744. The number of rotatable bonds is 10. The minimum Gasteiger partial charge on any atom is -0.759 e. The van der Waals surface area contributed by atoms with Crippen molar-refractivity contribution in [2.24, 2.45) is 5.92 Å². The first-order valence-corrected chi connectivity index (χ1v) is 14.9. The topological polar surface area (TPSA) is 159 Å². The highest BCUT2D eigenvalue weighted by Crippen LogP contribution is 2.23. The molecular formula is C31H32N5O7S-. The van der Waals surface area contributed by atoms with E-state index < -0.39 is 40.0 Å². The number of benzene rings is 3. The highest BCUT2D eigenvalue weighted by atomic mass is 32.2. The zero-order valence-corrected chi connectivity index (χ0v) is 25.0. The Kier molecular flexibility index (Phi) is 10.8. The van der Waals surface area contributed by atoms with Gasteiger partial charge in [-0.1, -0.05) is 56.0 Å². The van der Waals surface area contributed by atoms with Crippen molar-refractivity contribution in [1.29, 1.82) is 0 Å². The van der Waals surface area contributed by atoms with E-state index in [0.29, 0.717) is 37.3 Å². The van der Waals surface area contributed by atoms with Crippen LogP contribution in [0.25, 0.3) is 0 Å². The Morgan fingerprint density at radius 2 is 1.61 bits per heavy atom. The largest absolute Gasteiger partial charge is 0.759 e. The summed E-state index contributed by atoms with van der Waals surface area (Å²) in [6.45, 7) is 5.20. The number of piperazine rings is 1. The molecule has 0 aliphatic carbocycles. The Morgan fingerprint density at radius 3 is 2.18 bits per heavy atom. The molecule has 1 saturated heterocycles. The summed E-state index contributed by atoms with van der Waals surface area (Å²) in [7, 11) is 0. The van der Waals surface area contributed by atoms with Crippen molar-refractivity contribution in [2.45, 2.75) is 26.4 Å². The smallest absolute Gasteiger partial charge is 0.323 e. The highest BCUT2D eigenvalue weighted by Gasteiger charge is 2.35. The van der Waals surface area contributed by atoms with Gasteiger partial charge in [0.15, 0.2) is 0 Å². The number of hydrogen-bond donors (Lipinski definition) is 2. The summed E-state index contributed by atoms with van der Waals surface area (Å²) in [6, 6.07) is 19.6. The fourth-order valence-corrected chi connectivity index (χ4v) is 5.75. The molecule has 0 radical (unpaired) electrons.